The molecule has 0 aromatic heterocycles. The van der Waals surface area contributed by atoms with Crippen LogP contribution in [0.3, 0.4) is 0 Å². The zero-order valence-corrected chi connectivity index (χ0v) is 12.6. The van der Waals surface area contributed by atoms with Crippen LogP contribution in [0, 0.1) is 0 Å². The van der Waals surface area contributed by atoms with Crippen LogP contribution in [0.1, 0.15) is 32.1 Å². The first-order valence-corrected chi connectivity index (χ1v) is 7.97. The molecule has 5 nitrogen and oxygen atoms in total. The van der Waals surface area contributed by atoms with Crippen molar-refractivity contribution >= 4 is 22.6 Å². The van der Waals surface area contributed by atoms with E-state index in [2.05, 4.69) is 5.32 Å². The Labute approximate surface area is 116 Å². The Morgan fingerprint density at radius 3 is 2.22 bits per heavy atom. The van der Waals surface area contributed by atoms with Gasteiger partial charge in [-0.3, -0.25) is 0 Å². The highest BCUT2D eigenvalue weighted by atomic mass is 35.5. The number of hydrogen-bond donors (Lipinski definition) is 1. The third-order valence-corrected chi connectivity index (χ3v) is 5.76. The van der Waals surface area contributed by atoms with Gasteiger partial charge in [-0.15, -0.1) is 12.4 Å². The molecule has 1 N–H and O–H groups in total. The second-order valence-electron chi connectivity index (χ2n) is 4.95. The van der Waals surface area contributed by atoms with E-state index in [0.717, 1.165) is 32.1 Å². The maximum Gasteiger partial charge on any atom is 0.282 e. The van der Waals surface area contributed by atoms with Gasteiger partial charge in [0.1, 0.15) is 0 Å². The maximum atomic E-state index is 12.4. The van der Waals surface area contributed by atoms with E-state index in [9.17, 15) is 8.42 Å². The van der Waals surface area contributed by atoms with Crippen molar-refractivity contribution < 1.29 is 8.42 Å². The summed E-state index contributed by atoms with van der Waals surface area (Å²) >= 11 is 0. The highest BCUT2D eigenvalue weighted by Crippen LogP contribution is 2.20. The van der Waals surface area contributed by atoms with Crippen molar-refractivity contribution in [3.8, 4) is 0 Å². The average molecular weight is 298 g/mol. The lowest BCUT2D eigenvalue weighted by molar-refractivity contribution is 0.256. The molecule has 7 heteroatoms. The third-order valence-electron chi connectivity index (χ3n) is 3.76. The van der Waals surface area contributed by atoms with Gasteiger partial charge >= 0.3 is 0 Å². The summed E-state index contributed by atoms with van der Waals surface area (Å²) in [5.74, 6) is 0. The molecule has 2 saturated heterocycles. The molecular formula is C11H24ClN3O2S. The lowest BCUT2D eigenvalue weighted by Gasteiger charge is -2.36. The molecule has 0 saturated carbocycles. The van der Waals surface area contributed by atoms with Crippen LogP contribution in [0.2, 0.25) is 0 Å². The Balaban J connectivity index is 0.00000162. The number of hydrogen-bond acceptors (Lipinski definition) is 3. The van der Waals surface area contributed by atoms with Crippen LogP contribution in [0.15, 0.2) is 0 Å². The summed E-state index contributed by atoms with van der Waals surface area (Å²) in [6.07, 6.45) is 5.19. The molecule has 2 heterocycles. The first-order valence-electron chi connectivity index (χ1n) is 6.57. The molecule has 2 aliphatic rings. The van der Waals surface area contributed by atoms with E-state index < -0.39 is 10.2 Å². The second kappa shape index (κ2) is 7.05. The average Bonchev–Trinajstić information content (AvgIpc) is 2.40. The second-order valence-corrected chi connectivity index (χ2v) is 6.88. The van der Waals surface area contributed by atoms with Gasteiger partial charge in [0, 0.05) is 32.2 Å². The molecule has 0 aliphatic carbocycles. The van der Waals surface area contributed by atoms with Crippen LogP contribution >= 0.6 is 12.4 Å². The smallest absolute Gasteiger partial charge is 0.282 e. The monoisotopic (exact) mass is 297 g/mol. The Morgan fingerprint density at radius 2 is 1.61 bits per heavy atom. The van der Waals surface area contributed by atoms with Gasteiger partial charge in [-0.05, 0) is 32.7 Å². The number of halogens is 1. The fourth-order valence-corrected chi connectivity index (χ4v) is 4.42. The Kier molecular flexibility index (Phi) is 6.34. The van der Waals surface area contributed by atoms with Gasteiger partial charge in [0.15, 0.2) is 0 Å². The summed E-state index contributed by atoms with van der Waals surface area (Å²) in [6, 6.07) is 0.309. The van der Waals surface area contributed by atoms with Crippen molar-refractivity contribution in [1.29, 1.82) is 0 Å². The van der Waals surface area contributed by atoms with Crippen molar-refractivity contribution in [1.82, 2.24) is 13.9 Å². The molecule has 108 valence electrons. The van der Waals surface area contributed by atoms with Crippen LogP contribution in [-0.2, 0) is 10.2 Å². The van der Waals surface area contributed by atoms with Gasteiger partial charge in [-0.25, -0.2) is 0 Å². The minimum absolute atomic E-state index is 0. The van der Waals surface area contributed by atoms with Crippen molar-refractivity contribution in [2.24, 2.45) is 0 Å². The molecule has 2 rings (SSSR count). The van der Waals surface area contributed by atoms with E-state index in [1.807, 2.05) is 7.05 Å². The van der Waals surface area contributed by atoms with Crippen molar-refractivity contribution in [3.05, 3.63) is 0 Å². The molecule has 2 fully saturated rings. The van der Waals surface area contributed by atoms with E-state index in [1.54, 1.807) is 8.61 Å². The molecule has 18 heavy (non-hydrogen) atoms. The number of nitrogens with one attached hydrogen (secondary N) is 1. The van der Waals surface area contributed by atoms with Gasteiger partial charge in [0.05, 0.1) is 0 Å². The maximum absolute atomic E-state index is 12.4. The quantitative estimate of drug-likeness (QED) is 0.839. The van der Waals surface area contributed by atoms with Crippen molar-refractivity contribution in [2.45, 2.75) is 38.1 Å². The van der Waals surface area contributed by atoms with Crippen LogP contribution in [-0.4, -0.2) is 56.3 Å². The summed E-state index contributed by atoms with van der Waals surface area (Å²) in [6.45, 7) is 2.69. The summed E-state index contributed by atoms with van der Waals surface area (Å²) < 4.78 is 28.2. The SMILES string of the molecule is CNC1CCCN(S(=O)(=O)N2CCCCC2)C1.Cl. The molecular weight excluding hydrogens is 274 g/mol. The first-order chi connectivity index (χ1) is 8.14. The molecule has 1 unspecified atom stereocenters. The standard InChI is InChI=1S/C11H23N3O2S.ClH/c1-12-11-6-5-9-14(10-11)17(15,16)13-7-3-2-4-8-13;/h11-12H,2-10H2,1H3;1H. The largest absolute Gasteiger partial charge is 0.316 e. The van der Waals surface area contributed by atoms with Gasteiger partial charge in [0.25, 0.3) is 10.2 Å². The minimum atomic E-state index is -3.20. The van der Waals surface area contributed by atoms with E-state index in [4.69, 9.17) is 0 Å². The number of likely N-dealkylation sites (N-methyl/N-ethyl adjacent to an activating group) is 1. The minimum Gasteiger partial charge on any atom is -0.316 e. The topological polar surface area (TPSA) is 52.7 Å². The zero-order valence-electron chi connectivity index (χ0n) is 11.0. The van der Waals surface area contributed by atoms with Crippen LogP contribution in [0.25, 0.3) is 0 Å². The van der Waals surface area contributed by atoms with Crippen LogP contribution < -0.4 is 5.32 Å². The normalized spacial score (nSPS) is 27.7. The summed E-state index contributed by atoms with van der Waals surface area (Å²) in [5.41, 5.74) is 0. The van der Waals surface area contributed by atoms with Crippen LogP contribution in [0.4, 0.5) is 0 Å². The highest BCUT2D eigenvalue weighted by molar-refractivity contribution is 7.86. The zero-order chi connectivity index (χ0) is 12.3. The Hall–Kier alpha value is 0.120. The lowest BCUT2D eigenvalue weighted by Crippen LogP contribution is -2.52. The predicted octanol–water partition coefficient (Wildman–Crippen LogP) is 0.823. The number of nitrogens with zero attached hydrogens (tertiary/aromatic N) is 2. The molecule has 1 atom stereocenters. The summed E-state index contributed by atoms with van der Waals surface area (Å²) in [5, 5.41) is 3.18. The highest BCUT2D eigenvalue weighted by Gasteiger charge is 2.33. The van der Waals surface area contributed by atoms with E-state index in [0.29, 0.717) is 32.2 Å². The fraction of sp³-hybridized carbons (Fsp3) is 1.00. The van der Waals surface area contributed by atoms with Gasteiger partial charge < -0.3 is 5.32 Å². The molecule has 0 aromatic carbocycles. The summed E-state index contributed by atoms with van der Waals surface area (Å²) in [4.78, 5) is 0. The van der Waals surface area contributed by atoms with E-state index >= 15 is 0 Å². The Bertz CT molecular complexity index is 344. The molecule has 0 radical (unpaired) electrons. The number of piperidine rings is 2. The molecule has 0 spiro atoms. The van der Waals surface area contributed by atoms with E-state index in [-0.39, 0.29) is 12.4 Å². The van der Waals surface area contributed by atoms with Gasteiger partial charge in [0.2, 0.25) is 0 Å². The molecule has 2 aliphatic heterocycles. The number of rotatable bonds is 3. The predicted molar refractivity (Wildman–Crippen MR) is 75.2 cm³/mol. The van der Waals surface area contributed by atoms with Gasteiger partial charge in [-0.1, -0.05) is 6.42 Å². The van der Waals surface area contributed by atoms with Crippen molar-refractivity contribution in [3.63, 3.8) is 0 Å². The van der Waals surface area contributed by atoms with E-state index in [1.165, 1.54) is 0 Å². The third kappa shape index (κ3) is 3.57. The molecule has 0 bridgehead atoms. The lowest BCUT2D eigenvalue weighted by atomic mass is 10.1. The Morgan fingerprint density at radius 1 is 1.00 bits per heavy atom. The van der Waals surface area contributed by atoms with Crippen molar-refractivity contribution in [2.75, 3.05) is 33.2 Å². The fourth-order valence-electron chi connectivity index (χ4n) is 2.65. The van der Waals surface area contributed by atoms with Crippen LogP contribution in [0.5, 0.6) is 0 Å². The molecule has 0 amide bonds. The molecule has 0 aromatic rings. The van der Waals surface area contributed by atoms with Gasteiger partial charge in [-0.2, -0.15) is 17.0 Å². The summed E-state index contributed by atoms with van der Waals surface area (Å²) in [7, 11) is -1.30. The first kappa shape index (κ1) is 16.2.